The Morgan fingerprint density at radius 3 is 2.55 bits per heavy atom. The van der Waals surface area contributed by atoms with Gasteiger partial charge in [0.25, 0.3) is 5.91 Å². The molecule has 31 heavy (non-hydrogen) atoms. The third-order valence-electron chi connectivity index (χ3n) is 6.25. The van der Waals surface area contributed by atoms with Gasteiger partial charge in [-0.15, -0.1) is 0 Å². The van der Waals surface area contributed by atoms with E-state index in [4.69, 9.17) is 9.47 Å². The predicted octanol–water partition coefficient (Wildman–Crippen LogP) is 3.25. The van der Waals surface area contributed by atoms with E-state index in [1.165, 1.54) is 11.1 Å². The number of ether oxygens (including phenoxy) is 2. The first-order valence-corrected chi connectivity index (χ1v) is 10.5. The maximum Gasteiger partial charge on any atom is 0.256 e. The average molecular weight is 416 g/mol. The van der Waals surface area contributed by atoms with Crippen LogP contribution in [0.2, 0.25) is 0 Å². The van der Waals surface area contributed by atoms with Gasteiger partial charge < -0.3 is 14.4 Å². The Labute approximate surface area is 181 Å². The SMILES string of the molecule is COc1ccc2c(c1)CCOC21CCN(C(=O)c2cnc(-c3ccncc3)nc2)CC1. The van der Waals surface area contributed by atoms with Crippen LogP contribution in [0.15, 0.2) is 55.1 Å². The monoisotopic (exact) mass is 416 g/mol. The molecule has 3 aromatic rings. The van der Waals surface area contributed by atoms with Crippen molar-refractivity contribution in [2.75, 3.05) is 26.8 Å². The van der Waals surface area contributed by atoms with Gasteiger partial charge in [0.15, 0.2) is 5.82 Å². The summed E-state index contributed by atoms with van der Waals surface area (Å²) in [7, 11) is 1.69. The standard InChI is InChI=1S/C24H24N4O3/c1-30-20-2-3-21-18(14-20)6-13-31-24(21)7-11-28(12-8-24)23(29)19-15-26-22(27-16-19)17-4-9-25-10-5-17/h2-5,9-10,14-16H,6-8,11-13H2,1H3. The van der Waals surface area contributed by atoms with Gasteiger partial charge in [-0.3, -0.25) is 9.78 Å². The summed E-state index contributed by atoms with van der Waals surface area (Å²) in [5, 5.41) is 0. The van der Waals surface area contributed by atoms with Crippen LogP contribution >= 0.6 is 0 Å². The molecule has 0 radical (unpaired) electrons. The fourth-order valence-corrected chi connectivity index (χ4v) is 4.54. The van der Waals surface area contributed by atoms with Crippen LogP contribution in [0, 0.1) is 0 Å². The first-order valence-electron chi connectivity index (χ1n) is 10.5. The van der Waals surface area contributed by atoms with E-state index in [1.807, 2.05) is 23.1 Å². The zero-order valence-electron chi connectivity index (χ0n) is 17.5. The van der Waals surface area contributed by atoms with Crippen molar-refractivity contribution in [3.05, 3.63) is 71.8 Å². The minimum Gasteiger partial charge on any atom is -0.497 e. The number of pyridine rings is 1. The molecule has 2 aromatic heterocycles. The Bertz CT molecular complexity index is 1080. The van der Waals surface area contributed by atoms with Crippen LogP contribution in [-0.2, 0) is 16.8 Å². The number of amides is 1. The number of piperidine rings is 1. The van der Waals surface area contributed by atoms with Gasteiger partial charge in [0.2, 0.25) is 0 Å². The molecule has 5 rings (SSSR count). The number of methoxy groups -OCH3 is 1. The third-order valence-corrected chi connectivity index (χ3v) is 6.25. The van der Waals surface area contributed by atoms with E-state index in [0.717, 1.165) is 30.6 Å². The Hall–Kier alpha value is -3.32. The Morgan fingerprint density at radius 1 is 1.10 bits per heavy atom. The largest absolute Gasteiger partial charge is 0.497 e. The highest BCUT2D eigenvalue weighted by Gasteiger charge is 2.41. The lowest BCUT2D eigenvalue weighted by molar-refractivity contribution is -0.0935. The van der Waals surface area contributed by atoms with Crippen molar-refractivity contribution >= 4 is 5.91 Å². The van der Waals surface area contributed by atoms with Crippen LogP contribution in [0.4, 0.5) is 0 Å². The number of fused-ring (bicyclic) bond motifs is 2. The van der Waals surface area contributed by atoms with E-state index in [2.05, 4.69) is 27.1 Å². The topological polar surface area (TPSA) is 77.4 Å². The first kappa shape index (κ1) is 19.6. The molecule has 7 nitrogen and oxygen atoms in total. The molecule has 1 spiro atoms. The van der Waals surface area contributed by atoms with Crippen molar-refractivity contribution < 1.29 is 14.3 Å². The van der Waals surface area contributed by atoms with E-state index in [-0.39, 0.29) is 11.5 Å². The lowest BCUT2D eigenvalue weighted by Gasteiger charge is -2.45. The predicted molar refractivity (Wildman–Crippen MR) is 115 cm³/mol. The zero-order valence-corrected chi connectivity index (χ0v) is 17.5. The summed E-state index contributed by atoms with van der Waals surface area (Å²) < 4.78 is 11.7. The Kier molecular flexibility index (Phi) is 5.11. The van der Waals surface area contributed by atoms with Gasteiger partial charge in [-0.1, -0.05) is 6.07 Å². The second-order valence-electron chi connectivity index (χ2n) is 7.94. The quantitative estimate of drug-likeness (QED) is 0.652. The van der Waals surface area contributed by atoms with Gasteiger partial charge in [-0.05, 0) is 54.7 Å². The molecule has 0 aliphatic carbocycles. The molecule has 1 amide bonds. The van der Waals surface area contributed by atoms with Crippen LogP contribution in [0.5, 0.6) is 5.75 Å². The highest BCUT2D eigenvalue weighted by Crippen LogP contribution is 2.42. The molecule has 2 aliphatic rings. The summed E-state index contributed by atoms with van der Waals surface area (Å²) in [5.74, 6) is 1.42. The Balaban J connectivity index is 1.30. The van der Waals surface area contributed by atoms with E-state index in [1.54, 1.807) is 31.9 Å². The molecule has 0 N–H and O–H groups in total. The second-order valence-corrected chi connectivity index (χ2v) is 7.94. The summed E-state index contributed by atoms with van der Waals surface area (Å²) in [4.78, 5) is 27.6. The van der Waals surface area contributed by atoms with E-state index in [9.17, 15) is 4.79 Å². The molecule has 0 atom stereocenters. The summed E-state index contributed by atoms with van der Waals surface area (Å²) >= 11 is 0. The minimum absolute atomic E-state index is 0.0399. The van der Waals surface area contributed by atoms with Crippen molar-refractivity contribution in [3.63, 3.8) is 0 Å². The third kappa shape index (κ3) is 3.65. The molecular formula is C24H24N4O3. The highest BCUT2D eigenvalue weighted by atomic mass is 16.5. The first-order chi connectivity index (χ1) is 15.2. The Morgan fingerprint density at radius 2 is 1.84 bits per heavy atom. The van der Waals surface area contributed by atoms with Crippen LogP contribution < -0.4 is 4.74 Å². The molecule has 2 aliphatic heterocycles. The molecule has 7 heteroatoms. The number of aromatic nitrogens is 3. The van der Waals surface area contributed by atoms with Crippen molar-refractivity contribution in [1.82, 2.24) is 19.9 Å². The van der Waals surface area contributed by atoms with Gasteiger partial charge >= 0.3 is 0 Å². The molecule has 0 unspecified atom stereocenters. The second kappa shape index (κ2) is 8.07. The van der Waals surface area contributed by atoms with Gasteiger partial charge in [-0.2, -0.15) is 0 Å². The number of rotatable bonds is 3. The van der Waals surface area contributed by atoms with Gasteiger partial charge in [0.1, 0.15) is 5.75 Å². The molecular weight excluding hydrogens is 392 g/mol. The molecule has 0 saturated carbocycles. The fourth-order valence-electron chi connectivity index (χ4n) is 4.54. The van der Waals surface area contributed by atoms with Crippen molar-refractivity contribution in [3.8, 4) is 17.1 Å². The lowest BCUT2D eigenvalue weighted by Crippen LogP contribution is -2.48. The smallest absolute Gasteiger partial charge is 0.256 e. The van der Waals surface area contributed by atoms with Crippen LogP contribution in [0.3, 0.4) is 0 Å². The highest BCUT2D eigenvalue weighted by molar-refractivity contribution is 5.93. The lowest BCUT2D eigenvalue weighted by atomic mass is 9.79. The average Bonchev–Trinajstić information content (AvgIpc) is 2.85. The van der Waals surface area contributed by atoms with Crippen molar-refractivity contribution in [2.45, 2.75) is 24.9 Å². The van der Waals surface area contributed by atoms with E-state index < -0.39 is 0 Å². The molecule has 1 saturated heterocycles. The number of likely N-dealkylation sites (tertiary alicyclic amines) is 1. The van der Waals surface area contributed by atoms with Crippen molar-refractivity contribution in [1.29, 1.82) is 0 Å². The zero-order chi connectivity index (χ0) is 21.3. The molecule has 4 heterocycles. The number of hydrogen-bond donors (Lipinski definition) is 0. The molecule has 0 bridgehead atoms. The van der Waals surface area contributed by atoms with Gasteiger partial charge in [0, 0.05) is 43.4 Å². The number of hydrogen-bond acceptors (Lipinski definition) is 6. The molecule has 158 valence electrons. The van der Waals surface area contributed by atoms with E-state index in [0.29, 0.717) is 31.1 Å². The molecule has 1 aromatic carbocycles. The van der Waals surface area contributed by atoms with Crippen molar-refractivity contribution in [2.24, 2.45) is 0 Å². The fraction of sp³-hybridized carbons (Fsp3) is 0.333. The molecule has 1 fully saturated rings. The maximum atomic E-state index is 13.0. The normalized spacial score (nSPS) is 17.3. The summed E-state index contributed by atoms with van der Waals surface area (Å²) in [6.07, 6.45) is 9.04. The summed E-state index contributed by atoms with van der Waals surface area (Å²) in [6, 6.07) is 9.92. The van der Waals surface area contributed by atoms with Crippen LogP contribution in [-0.4, -0.2) is 52.6 Å². The van der Waals surface area contributed by atoms with Gasteiger partial charge in [0.05, 0.1) is 24.9 Å². The summed E-state index contributed by atoms with van der Waals surface area (Å²) in [5.41, 5.74) is 3.57. The number of nitrogens with zero attached hydrogens (tertiary/aromatic N) is 4. The maximum absolute atomic E-state index is 13.0. The van der Waals surface area contributed by atoms with Crippen LogP contribution in [0.25, 0.3) is 11.4 Å². The van der Waals surface area contributed by atoms with Crippen LogP contribution in [0.1, 0.15) is 34.3 Å². The summed E-state index contributed by atoms with van der Waals surface area (Å²) in [6.45, 7) is 1.96. The van der Waals surface area contributed by atoms with Gasteiger partial charge in [-0.25, -0.2) is 9.97 Å². The van der Waals surface area contributed by atoms with E-state index >= 15 is 0 Å². The number of benzene rings is 1. The number of carbonyl (C=O) groups excluding carboxylic acids is 1. The minimum atomic E-state index is -0.321. The number of carbonyl (C=O) groups is 1.